The van der Waals surface area contributed by atoms with Gasteiger partial charge in [-0.05, 0) is 91.6 Å². The second kappa shape index (κ2) is 14.9. The van der Waals surface area contributed by atoms with E-state index in [9.17, 15) is 17.6 Å². The molecule has 0 amide bonds. The van der Waals surface area contributed by atoms with E-state index < -0.39 is 12.7 Å². The molecule has 0 fully saturated rings. The summed E-state index contributed by atoms with van der Waals surface area (Å²) in [6.07, 6.45) is 2.10. The molecule has 2 aromatic carbocycles. The highest BCUT2D eigenvalue weighted by molar-refractivity contribution is 5.69. The third-order valence-electron chi connectivity index (χ3n) is 6.78. The van der Waals surface area contributed by atoms with Gasteiger partial charge in [0.2, 0.25) is 0 Å². The Bertz CT molecular complexity index is 1160. The number of benzene rings is 2. The molecule has 3 nitrogen and oxygen atoms in total. The molecule has 0 saturated carbocycles. The molecule has 7 heteroatoms. The molecule has 2 aromatic rings. The third-order valence-corrected chi connectivity index (χ3v) is 6.78. The molecule has 0 bridgehead atoms. The number of alkyl halides is 4. The van der Waals surface area contributed by atoms with Crippen molar-refractivity contribution in [3.63, 3.8) is 0 Å². The second-order valence-electron chi connectivity index (χ2n) is 9.86. The molecule has 0 saturated heterocycles. The van der Waals surface area contributed by atoms with Crippen molar-refractivity contribution in [2.75, 3.05) is 7.05 Å². The van der Waals surface area contributed by atoms with Crippen molar-refractivity contribution >= 4 is 5.57 Å². The number of allylic oxidation sites excluding steroid dienone is 5. The number of hydrogen-bond donors (Lipinski definition) is 1. The van der Waals surface area contributed by atoms with E-state index in [2.05, 4.69) is 29.6 Å². The summed E-state index contributed by atoms with van der Waals surface area (Å²) >= 11 is 0. The standard InChI is InChI=1S/C32H41F4NO2/c1-8-21(3)26(18-24-10-12-25(13-11-24)20-37-7)15-17-29(38-31(33)34)23(5)27-14-16-28(22(4)9-2)30(19-27)39-32(6,35)36/h10-17,19,22,31,37H,8-9,18,20H2,1-7H3/b17-15-,26-21-,29-23-. The van der Waals surface area contributed by atoms with E-state index in [-0.39, 0.29) is 17.4 Å². The van der Waals surface area contributed by atoms with Gasteiger partial charge in [0.1, 0.15) is 11.5 Å². The predicted octanol–water partition coefficient (Wildman–Crippen LogP) is 9.41. The summed E-state index contributed by atoms with van der Waals surface area (Å²) in [6, 6.07) is 13.1. The van der Waals surface area contributed by atoms with Crippen LogP contribution in [0, 0.1) is 0 Å². The molecule has 1 atom stereocenters. The van der Waals surface area contributed by atoms with Gasteiger partial charge in [-0.15, -0.1) is 0 Å². The van der Waals surface area contributed by atoms with Crippen molar-refractivity contribution in [3.8, 4) is 5.75 Å². The van der Waals surface area contributed by atoms with E-state index in [1.807, 2.05) is 34.7 Å². The molecule has 2 rings (SSSR count). The molecule has 39 heavy (non-hydrogen) atoms. The van der Waals surface area contributed by atoms with Crippen LogP contribution in [-0.4, -0.2) is 19.8 Å². The van der Waals surface area contributed by atoms with Crippen molar-refractivity contribution in [1.29, 1.82) is 0 Å². The van der Waals surface area contributed by atoms with Gasteiger partial charge in [0.05, 0.1) is 0 Å². The van der Waals surface area contributed by atoms with Crippen LogP contribution in [0.25, 0.3) is 5.57 Å². The fraction of sp³-hybridized carbons (Fsp3) is 0.438. The van der Waals surface area contributed by atoms with Crippen molar-refractivity contribution in [3.05, 3.63) is 93.8 Å². The summed E-state index contributed by atoms with van der Waals surface area (Å²) in [6.45, 7) is 7.97. The molecule has 0 spiro atoms. The zero-order chi connectivity index (χ0) is 29.2. The molecule has 0 aromatic heterocycles. The maximum absolute atomic E-state index is 13.8. The first-order chi connectivity index (χ1) is 18.4. The Morgan fingerprint density at radius 1 is 1.00 bits per heavy atom. The lowest BCUT2D eigenvalue weighted by molar-refractivity contribution is -0.159. The van der Waals surface area contributed by atoms with Gasteiger partial charge in [0.25, 0.3) is 0 Å². The lowest BCUT2D eigenvalue weighted by Gasteiger charge is -2.21. The summed E-state index contributed by atoms with van der Waals surface area (Å²) in [7, 11) is 1.89. The number of rotatable bonds is 14. The lowest BCUT2D eigenvalue weighted by atomic mass is 9.94. The fourth-order valence-corrected chi connectivity index (χ4v) is 4.12. The van der Waals surface area contributed by atoms with Crippen molar-refractivity contribution in [2.24, 2.45) is 0 Å². The first-order valence-electron chi connectivity index (χ1n) is 13.3. The smallest absolute Gasteiger partial charge is 0.394 e. The molecule has 0 aliphatic rings. The van der Waals surface area contributed by atoms with Crippen LogP contribution in [-0.2, 0) is 17.7 Å². The van der Waals surface area contributed by atoms with Crippen LogP contribution >= 0.6 is 0 Å². The van der Waals surface area contributed by atoms with E-state index in [0.717, 1.165) is 36.1 Å². The highest BCUT2D eigenvalue weighted by Crippen LogP contribution is 2.35. The largest absolute Gasteiger partial charge is 0.435 e. The zero-order valence-corrected chi connectivity index (χ0v) is 24.0. The zero-order valence-electron chi connectivity index (χ0n) is 24.0. The summed E-state index contributed by atoms with van der Waals surface area (Å²) in [4.78, 5) is 0. The van der Waals surface area contributed by atoms with Crippen LogP contribution in [0.5, 0.6) is 5.75 Å². The Morgan fingerprint density at radius 2 is 1.64 bits per heavy atom. The van der Waals surface area contributed by atoms with Gasteiger partial charge in [-0.25, -0.2) is 0 Å². The van der Waals surface area contributed by atoms with Gasteiger partial charge in [-0.3, -0.25) is 0 Å². The maximum atomic E-state index is 13.8. The van der Waals surface area contributed by atoms with Gasteiger partial charge in [-0.1, -0.05) is 68.8 Å². The van der Waals surface area contributed by atoms with E-state index >= 15 is 0 Å². The van der Waals surface area contributed by atoms with Crippen molar-refractivity contribution < 1.29 is 27.0 Å². The topological polar surface area (TPSA) is 30.5 Å². The third kappa shape index (κ3) is 10.2. The number of halogens is 4. The van der Waals surface area contributed by atoms with E-state index in [0.29, 0.717) is 30.0 Å². The molecular formula is C32H41F4NO2. The molecule has 1 N–H and O–H groups in total. The average molecular weight is 548 g/mol. The number of nitrogens with one attached hydrogen (secondary N) is 1. The Kier molecular flexibility index (Phi) is 12.3. The summed E-state index contributed by atoms with van der Waals surface area (Å²) < 4.78 is 64.4. The highest BCUT2D eigenvalue weighted by atomic mass is 19.3. The predicted molar refractivity (Wildman–Crippen MR) is 151 cm³/mol. The summed E-state index contributed by atoms with van der Waals surface area (Å²) in [5.74, 6) is -0.0335. The van der Waals surface area contributed by atoms with E-state index in [1.165, 1.54) is 17.7 Å². The van der Waals surface area contributed by atoms with Crippen molar-refractivity contribution in [1.82, 2.24) is 5.32 Å². The van der Waals surface area contributed by atoms with Crippen LogP contribution in [0.1, 0.15) is 82.6 Å². The minimum absolute atomic E-state index is 0.0191. The van der Waals surface area contributed by atoms with Crippen LogP contribution in [0.4, 0.5) is 17.6 Å². The average Bonchev–Trinajstić information content (AvgIpc) is 2.88. The first kappa shape index (κ1) is 32.2. The Labute approximate surface area is 230 Å². The summed E-state index contributed by atoms with van der Waals surface area (Å²) in [5, 5.41) is 3.12. The van der Waals surface area contributed by atoms with Gasteiger partial charge < -0.3 is 14.8 Å². The molecular weight excluding hydrogens is 506 g/mol. The van der Waals surface area contributed by atoms with Crippen LogP contribution in [0.15, 0.2) is 71.5 Å². The van der Waals surface area contributed by atoms with Crippen LogP contribution < -0.4 is 10.1 Å². The van der Waals surface area contributed by atoms with E-state index in [1.54, 1.807) is 25.1 Å². The van der Waals surface area contributed by atoms with Gasteiger partial charge in [0.15, 0.2) is 0 Å². The Morgan fingerprint density at radius 3 is 2.18 bits per heavy atom. The second-order valence-corrected chi connectivity index (χ2v) is 9.86. The monoisotopic (exact) mass is 547 g/mol. The van der Waals surface area contributed by atoms with Crippen LogP contribution in [0.3, 0.4) is 0 Å². The van der Waals surface area contributed by atoms with Crippen LogP contribution in [0.2, 0.25) is 0 Å². The van der Waals surface area contributed by atoms with Gasteiger partial charge in [-0.2, -0.15) is 17.6 Å². The lowest BCUT2D eigenvalue weighted by Crippen LogP contribution is -2.20. The first-order valence-corrected chi connectivity index (χ1v) is 13.3. The molecule has 0 radical (unpaired) electrons. The molecule has 0 aliphatic heterocycles. The van der Waals surface area contributed by atoms with Gasteiger partial charge in [0, 0.05) is 13.5 Å². The van der Waals surface area contributed by atoms with Gasteiger partial charge >= 0.3 is 12.7 Å². The minimum Gasteiger partial charge on any atom is -0.435 e. The number of ether oxygens (including phenoxy) is 2. The normalized spacial score (nSPS) is 14.4. The molecule has 214 valence electrons. The quantitative estimate of drug-likeness (QED) is 0.145. The SMILES string of the molecule is CC/C(C)=C(/C=C\C(OC(F)F)=C(/C)c1ccc(C(C)CC)c(OC(C)(F)F)c1)Cc1ccc(CNC)cc1. The Hall–Kier alpha value is -3.06. The Balaban J connectivity index is 2.51. The molecule has 0 heterocycles. The highest BCUT2D eigenvalue weighted by Gasteiger charge is 2.26. The fourth-order valence-electron chi connectivity index (χ4n) is 4.12. The minimum atomic E-state index is -3.39. The maximum Gasteiger partial charge on any atom is 0.394 e. The van der Waals surface area contributed by atoms with Crippen molar-refractivity contribution in [2.45, 2.75) is 86.0 Å². The molecule has 1 unspecified atom stereocenters. The number of hydrogen-bond acceptors (Lipinski definition) is 3. The molecule has 0 aliphatic carbocycles. The van der Waals surface area contributed by atoms with E-state index in [4.69, 9.17) is 9.47 Å². The summed E-state index contributed by atoms with van der Waals surface area (Å²) in [5.41, 5.74) is 5.86.